The second kappa shape index (κ2) is 6.06. The first kappa shape index (κ1) is 15.4. The van der Waals surface area contributed by atoms with E-state index in [-0.39, 0.29) is 5.56 Å². The van der Waals surface area contributed by atoms with Gasteiger partial charge < -0.3 is 9.97 Å². The molecule has 0 amide bonds. The summed E-state index contributed by atoms with van der Waals surface area (Å²) in [4.78, 5) is 26.8. The zero-order valence-electron chi connectivity index (χ0n) is 14.0. The molecule has 0 spiro atoms. The molecule has 0 atom stereocenters. The number of fused-ring (bicyclic) bond motifs is 1. The zero-order valence-corrected chi connectivity index (χ0v) is 14.0. The molecule has 5 heteroatoms. The predicted molar refractivity (Wildman–Crippen MR) is 99.6 cm³/mol. The second-order valence-electron chi connectivity index (χ2n) is 6.40. The molecule has 1 aliphatic carbocycles. The molecule has 124 valence electrons. The molecule has 0 aliphatic heterocycles. The maximum Gasteiger partial charge on any atom is 0.258 e. The zero-order chi connectivity index (χ0) is 17.4. The highest BCUT2D eigenvalue weighted by molar-refractivity contribution is 5.99. The van der Waals surface area contributed by atoms with Crippen molar-refractivity contribution in [2.24, 2.45) is 0 Å². The van der Waals surface area contributed by atoms with Gasteiger partial charge in [-0.2, -0.15) is 0 Å². The van der Waals surface area contributed by atoms with E-state index >= 15 is 0 Å². The van der Waals surface area contributed by atoms with E-state index in [9.17, 15) is 4.79 Å². The summed E-state index contributed by atoms with van der Waals surface area (Å²) < 4.78 is 0. The average molecular weight is 330 g/mol. The van der Waals surface area contributed by atoms with Gasteiger partial charge >= 0.3 is 0 Å². The first-order valence-electron chi connectivity index (χ1n) is 8.46. The van der Waals surface area contributed by atoms with Crippen LogP contribution in [0.1, 0.15) is 37.1 Å². The third kappa shape index (κ3) is 2.66. The molecule has 0 unspecified atom stereocenters. The van der Waals surface area contributed by atoms with Crippen LogP contribution in [0, 0.1) is 13.5 Å². The Bertz CT molecular complexity index is 1100. The van der Waals surface area contributed by atoms with E-state index in [1.807, 2.05) is 19.1 Å². The Morgan fingerprint density at radius 2 is 2.08 bits per heavy atom. The van der Waals surface area contributed by atoms with E-state index in [0.717, 1.165) is 47.2 Å². The van der Waals surface area contributed by atoms with Crippen molar-refractivity contribution in [3.05, 3.63) is 63.6 Å². The van der Waals surface area contributed by atoms with Crippen LogP contribution in [-0.4, -0.2) is 15.0 Å². The normalized spacial score (nSPS) is 14.3. The molecular weight excluding hydrogens is 312 g/mol. The third-order valence-corrected chi connectivity index (χ3v) is 4.71. The number of allylic oxidation sites excluding steroid dienone is 2. The Balaban J connectivity index is 2.12. The van der Waals surface area contributed by atoms with Gasteiger partial charge in [-0.3, -0.25) is 4.79 Å². The van der Waals surface area contributed by atoms with Gasteiger partial charge in [-0.15, -0.1) is 0 Å². The molecule has 0 radical (unpaired) electrons. The van der Waals surface area contributed by atoms with Crippen molar-refractivity contribution in [1.82, 2.24) is 15.0 Å². The number of hydrogen-bond donors (Lipinski definition) is 2. The molecule has 0 saturated heterocycles. The van der Waals surface area contributed by atoms with Crippen molar-refractivity contribution in [2.45, 2.75) is 32.6 Å². The van der Waals surface area contributed by atoms with E-state index in [0.29, 0.717) is 11.3 Å². The van der Waals surface area contributed by atoms with E-state index < -0.39 is 0 Å². The molecule has 1 aromatic carbocycles. The maximum atomic E-state index is 12.9. The number of nitrogens with one attached hydrogen (secondary N) is 2. The first-order valence-corrected chi connectivity index (χ1v) is 8.46. The molecule has 0 bridgehead atoms. The number of nitrogens with zero attached hydrogens (tertiary/aromatic N) is 2. The van der Waals surface area contributed by atoms with Gasteiger partial charge in [-0.1, -0.05) is 12.1 Å². The summed E-state index contributed by atoms with van der Waals surface area (Å²) in [5.74, 6) is 0.771. The Morgan fingerprint density at radius 1 is 1.20 bits per heavy atom. The number of aromatic amines is 2. The van der Waals surface area contributed by atoms with Gasteiger partial charge in [0.05, 0.1) is 24.0 Å². The molecule has 4 rings (SSSR count). The summed E-state index contributed by atoms with van der Waals surface area (Å²) >= 11 is 0. The smallest absolute Gasteiger partial charge is 0.258 e. The second-order valence-corrected chi connectivity index (χ2v) is 6.40. The largest absolute Gasteiger partial charge is 0.342 e. The minimum atomic E-state index is -0.131. The van der Waals surface area contributed by atoms with Gasteiger partial charge in [0.2, 0.25) is 0 Å². The van der Waals surface area contributed by atoms with Gasteiger partial charge in [0.25, 0.3) is 5.56 Å². The average Bonchev–Trinajstić information content (AvgIpc) is 3.06. The number of hydrogen-bond acceptors (Lipinski definition) is 2. The van der Waals surface area contributed by atoms with Gasteiger partial charge in [0, 0.05) is 11.1 Å². The Hall–Kier alpha value is -3.13. The number of H-pyrrole nitrogens is 2. The summed E-state index contributed by atoms with van der Waals surface area (Å²) in [6, 6.07) is 5.43. The highest BCUT2D eigenvalue weighted by atomic mass is 16.1. The summed E-state index contributed by atoms with van der Waals surface area (Å²) in [5.41, 5.74) is 4.66. The van der Waals surface area contributed by atoms with E-state index in [2.05, 4.69) is 25.9 Å². The quantitative estimate of drug-likeness (QED) is 0.667. The van der Waals surface area contributed by atoms with Crippen LogP contribution in [0.15, 0.2) is 35.3 Å². The highest BCUT2D eigenvalue weighted by Crippen LogP contribution is 2.37. The predicted octanol–water partition coefficient (Wildman–Crippen LogP) is 4.73. The third-order valence-electron chi connectivity index (χ3n) is 4.71. The number of aromatic nitrogens is 3. The van der Waals surface area contributed by atoms with Gasteiger partial charge in [-0.05, 0) is 55.7 Å². The summed E-state index contributed by atoms with van der Waals surface area (Å²) in [6.07, 6.45) is 8.20. The van der Waals surface area contributed by atoms with Crippen molar-refractivity contribution in [1.29, 1.82) is 0 Å². The molecule has 5 nitrogen and oxygen atoms in total. The molecule has 0 saturated carbocycles. The Kier molecular flexibility index (Phi) is 3.73. The fourth-order valence-electron chi connectivity index (χ4n) is 3.55. The van der Waals surface area contributed by atoms with Crippen LogP contribution in [-0.2, 0) is 0 Å². The van der Waals surface area contributed by atoms with Crippen LogP contribution in [0.25, 0.3) is 32.6 Å². The molecule has 2 N–H and O–H groups in total. The fourth-order valence-corrected chi connectivity index (χ4v) is 3.55. The van der Waals surface area contributed by atoms with Crippen molar-refractivity contribution in [2.75, 3.05) is 0 Å². The Morgan fingerprint density at radius 3 is 2.76 bits per heavy atom. The van der Waals surface area contributed by atoms with Crippen LogP contribution < -0.4 is 5.56 Å². The van der Waals surface area contributed by atoms with Crippen LogP contribution in [0.2, 0.25) is 0 Å². The summed E-state index contributed by atoms with van der Waals surface area (Å²) in [5, 5.41) is 0.920. The molecule has 3 aromatic rings. The van der Waals surface area contributed by atoms with Crippen molar-refractivity contribution < 1.29 is 0 Å². The van der Waals surface area contributed by atoms with Gasteiger partial charge in [0.15, 0.2) is 5.69 Å². The lowest BCUT2D eigenvalue weighted by Crippen LogP contribution is -2.13. The van der Waals surface area contributed by atoms with E-state index in [1.54, 1.807) is 12.3 Å². The monoisotopic (exact) mass is 330 g/mol. The minimum Gasteiger partial charge on any atom is -0.342 e. The van der Waals surface area contributed by atoms with Gasteiger partial charge in [0.1, 0.15) is 5.82 Å². The SMILES string of the molecule is [C-]#[N+]c1ccc2[nH]c(=O)c(-c3cnc(C)[nH]3)c(C3=CCCCC3)c2c1. The molecule has 1 aliphatic rings. The van der Waals surface area contributed by atoms with Crippen LogP contribution >= 0.6 is 0 Å². The number of rotatable bonds is 2. The van der Waals surface area contributed by atoms with Crippen LogP contribution in [0.3, 0.4) is 0 Å². The number of imidazole rings is 1. The summed E-state index contributed by atoms with van der Waals surface area (Å²) in [6.45, 7) is 9.19. The highest BCUT2D eigenvalue weighted by Gasteiger charge is 2.20. The summed E-state index contributed by atoms with van der Waals surface area (Å²) in [7, 11) is 0. The van der Waals surface area contributed by atoms with Crippen LogP contribution in [0.5, 0.6) is 0 Å². The Labute approximate surface area is 145 Å². The molecule has 25 heavy (non-hydrogen) atoms. The number of benzene rings is 1. The van der Waals surface area contributed by atoms with E-state index in [1.165, 1.54) is 12.0 Å². The van der Waals surface area contributed by atoms with Crippen LogP contribution in [0.4, 0.5) is 5.69 Å². The lowest BCUT2D eigenvalue weighted by atomic mass is 9.88. The lowest BCUT2D eigenvalue weighted by molar-refractivity contribution is 0.742. The van der Waals surface area contributed by atoms with Crippen molar-refractivity contribution in [3.8, 4) is 11.3 Å². The molecular formula is C20H18N4O. The fraction of sp³-hybridized carbons (Fsp3) is 0.250. The number of aryl methyl sites for hydroxylation is 1. The molecule has 2 aromatic heterocycles. The van der Waals surface area contributed by atoms with E-state index in [4.69, 9.17) is 6.57 Å². The molecule has 0 fully saturated rings. The van der Waals surface area contributed by atoms with Gasteiger partial charge in [-0.25, -0.2) is 9.83 Å². The topological polar surface area (TPSA) is 65.9 Å². The molecule has 2 heterocycles. The lowest BCUT2D eigenvalue weighted by Gasteiger charge is -2.18. The van der Waals surface area contributed by atoms with Crippen molar-refractivity contribution >= 4 is 22.2 Å². The standard InChI is InChI=1S/C20H18N4O/c1-12-22-11-17(23-12)19-18(13-6-4-3-5-7-13)15-10-14(21-2)8-9-16(15)24-20(19)25/h6,8-11H,3-5,7H2,1H3,(H,22,23)(H,24,25). The van der Waals surface area contributed by atoms with Crippen molar-refractivity contribution in [3.63, 3.8) is 0 Å². The first-order chi connectivity index (χ1) is 12.2. The minimum absolute atomic E-state index is 0.131. The number of pyridine rings is 1. The maximum absolute atomic E-state index is 12.9.